The van der Waals surface area contributed by atoms with Crippen molar-refractivity contribution in [3.05, 3.63) is 56.2 Å². The lowest BCUT2D eigenvalue weighted by Crippen LogP contribution is -2.23. The van der Waals surface area contributed by atoms with Gasteiger partial charge in [-0.1, -0.05) is 34.1 Å². The van der Waals surface area contributed by atoms with Gasteiger partial charge >= 0.3 is 0 Å². The first-order valence-corrected chi connectivity index (χ1v) is 8.05. The minimum Gasteiger partial charge on any atom is -0.306 e. The molecule has 3 rings (SSSR count). The molecular formula is C15H16BrNS. The van der Waals surface area contributed by atoms with Crippen molar-refractivity contribution in [3.63, 3.8) is 0 Å². The highest BCUT2D eigenvalue weighted by Gasteiger charge is 2.20. The van der Waals surface area contributed by atoms with Crippen molar-refractivity contribution in [2.75, 3.05) is 0 Å². The smallest absolute Gasteiger partial charge is 0.0334 e. The molecule has 0 amide bonds. The molecule has 18 heavy (non-hydrogen) atoms. The predicted octanol–water partition coefficient (Wildman–Crippen LogP) is 4.68. The maximum absolute atomic E-state index is 3.70. The first-order valence-electron chi connectivity index (χ1n) is 6.37. The summed E-state index contributed by atoms with van der Waals surface area (Å²) in [6.07, 6.45) is 3.83. The van der Waals surface area contributed by atoms with E-state index in [4.69, 9.17) is 0 Å². The Morgan fingerprint density at radius 3 is 3.06 bits per heavy atom. The number of fused-ring (bicyclic) bond motifs is 1. The number of nitrogens with one attached hydrogen (secondary N) is 1. The molecule has 0 saturated carbocycles. The molecule has 1 aliphatic carbocycles. The van der Waals surface area contributed by atoms with Gasteiger partial charge in [-0.15, -0.1) is 11.3 Å². The van der Waals surface area contributed by atoms with E-state index in [9.17, 15) is 0 Å². The van der Waals surface area contributed by atoms with Gasteiger partial charge in [0.05, 0.1) is 0 Å². The van der Waals surface area contributed by atoms with Crippen LogP contribution in [0.2, 0.25) is 0 Å². The molecule has 1 aliphatic rings. The van der Waals surface area contributed by atoms with Crippen molar-refractivity contribution in [1.82, 2.24) is 5.32 Å². The lowest BCUT2D eigenvalue weighted by molar-refractivity contribution is 0.463. The first kappa shape index (κ1) is 12.4. The van der Waals surface area contributed by atoms with E-state index in [-0.39, 0.29) is 0 Å². The lowest BCUT2D eigenvalue weighted by atomic mass is 9.94. The second kappa shape index (κ2) is 5.55. The summed E-state index contributed by atoms with van der Waals surface area (Å²) in [6.45, 7) is 0.932. The summed E-state index contributed by atoms with van der Waals surface area (Å²) in [5.74, 6) is 0. The van der Waals surface area contributed by atoms with Gasteiger partial charge in [0.1, 0.15) is 0 Å². The Hall–Kier alpha value is -0.640. The summed E-state index contributed by atoms with van der Waals surface area (Å²) in [7, 11) is 0. The van der Waals surface area contributed by atoms with Crippen molar-refractivity contribution in [2.24, 2.45) is 0 Å². The van der Waals surface area contributed by atoms with Crippen LogP contribution in [0.5, 0.6) is 0 Å². The van der Waals surface area contributed by atoms with E-state index >= 15 is 0 Å². The summed E-state index contributed by atoms with van der Waals surface area (Å²) in [5.41, 5.74) is 2.86. The van der Waals surface area contributed by atoms with E-state index in [1.165, 1.54) is 34.9 Å². The second-order valence-corrected chi connectivity index (χ2v) is 6.57. The van der Waals surface area contributed by atoms with Gasteiger partial charge in [0.25, 0.3) is 0 Å². The van der Waals surface area contributed by atoms with Gasteiger partial charge in [-0.3, -0.25) is 0 Å². The Balaban J connectivity index is 1.71. The molecule has 1 unspecified atom stereocenters. The van der Waals surface area contributed by atoms with Crippen LogP contribution in [0.1, 0.15) is 34.9 Å². The monoisotopic (exact) mass is 321 g/mol. The highest BCUT2D eigenvalue weighted by Crippen LogP contribution is 2.33. The Morgan fingerprint density at radius 2 is 2.17 bits per heavy atom. The third kappa shape index (κ3) is 2.53. The Morgan fingerprint density at radius 1 is 1.28 bits per heavy atom. The van der Waals surface area contributed by atoms with Crippen molar-refractivity contribution in [3.8, 4) is 0 Å². The zero-order valence-corrected chi connectivity index (χ0v) is 12.6. The standard InChI is InChI=1S/C15H16BrNS/c16-13-5-2-1-4-11(13)10-17-14-6-3-7-15-12(14)8-9-18-15/h1-2,4-5,8-9,14,17H,3,6-7,10H2. The fourth-order valence-electron chi connectivity index (χ4n) is 2.57. The van der Waals surface area contributed by atoms with E-state index in [0.29, 0.717) is 6.04 Å². The molecule has 94 valence electrons. The quantitative estimate of drug-likeness (QED) is 0.865. The molecule has 0 radical (unpaired) electrons. The fraction of sp³-hybridized carbons (Fsp3) is 0.333. The van der Waals surface area contributed by atoms with Gasteiger partial charge in [-0.25, -0.2) is 0 Å². The second-order valence-electron chi connectivity index (χ2n) is 4.72. The van der Waals surface area contributed by atoms with Crippen LogP contribution in [0.4, 0.5) is 0 Å². The highest BCUT2D eigenvalue weighted by atomic mass is 79.9. The fourth-order valence-corrected chi connectivity index (χ4v) is 3.99. The zero-order chi connectivity index (χ0) is 12.4. The molecule has 0 aliphatic heterocycles. The summed E-state index contributed by atoms with van der Waals surface area (Å²) in [5, 5.41) is 5.92. The SMILES string of the molecule is Brc1ccccc1CNC1CCCc2sccc21. The summed E-state index contributed by atoms with van der Waals surface area (Å²) >= 11 is 5.51. The number of halogens is 1. The molecule has 1 atom stereocenters. The maximum atomic E-state index is 3.70. The van der Waals surface area contributed by atoms with Crippen molar-refractivity contribution in [1.29, 1.82) is 0 Å². The predicted molar refractivity (Wildman–Crippen MR) is 81.0 cm³/mol. The van der Waals surface area contributed by atoms with Crippen molar-refractivity contribution < 1.29 is 0 Å². The van der Waals surface area contributed by atoms with Gasteiger partial charge in [-0.2, -0.15) is 0 Å². The van der Waals surface area contributed by atoms with Crippen molar-refractivity contribution in [2.45, 2.75) is 31.8 Å². The molecule has 0 fully saturated rings. The van der Waals surface area contributed by atoms with Gasteiger partial charge in [0.2, 0.25) is 0 Å². The van der Waals surface area contributed by atoms with E-state index < -0.39 is 0 Å². The van der Waals surface area contributed by atoms with Crippen LogP contribution in [0.15, 0.2) is 40.2 Å². The lowest BCUT2D eigenvalue weighted by Gasteiger charge is -2.24. The minimum atomic E-state index is 0.534. The molecule has 1 heterocycles. The molecule has 1 nitrogen and oxygen atoms in total. The average Bonchev–Trinajstić information content (AvgIpc) is 2.86. The van der Waals surface area contributed by atoms with E-state index in [1.54, 1.807) is 4.88 Å². The normalized spacial score (nSPS) is 18.6. The van der Waals surface area contributed by atoms with E-state index in [2.05, 4.69) is 57.0 Å². The Bertz CT molecular complexity index is 535. The Labute approximate surface area is 120 Å². The summed E-state index contributed by atoms with van der Waals surface area (Å²) in [4.78, 5) is 1.57. The molecule has 0 bridgehead atoms. The molecule has 0 saturated heterocycles. The van der Waals surface area contributed by atoms with Crippen molar-refractivity contribution >= 4 is 27.3 Å². The number of hydrogen-bond donors (Lipinski definition) is 1. The number of rotatable bonds is 3. The van der Waals surface area contributed by atoms with E-state index in [0.717, 1.165) is 6.54 Å². The van der Waals surface area contributed by atoms with Gasteiger partial charge in [0, 0.05) is 21.9 Å². The van der Waals surface area contributed by atoms with Crippen LogP contribution in [0, 0.1) is 0 Å². The molecule has 0 spiro atoms. The summed E-state index contributed by atoms with van der Waals surface area (Å²) in [6, 6.07) is 11.3. The number of benzene rings is 1. The first-order chi connectivity index (χ1) is 8.84. The largest absolute Gasteiger partial charge is 0.306 e. The van der Waals surface area contributed by atoms with Crippen LogP contribution in [0.25, 0.3) is 0 Å². The number of aryl methyl sites for hydroxylation is 1. The van der Waals surface area contributed by atoms with Crippen LogP contribution in [-0.2, 0) is 13.0 Å². The molecule has 3 heteroatoms. The maximum Gasteiger partial charge on any atom is 0.0334 e. The highest BCUT2D eigenvalue weighted by molar-refractivity contribution is 9.10. The molecule has 2 aromatic rings. The van der Waals surface area contributed by atoms with Crippen LogP contribution in [0.3, 0.4) is 0 Å². The van der Waals surface area contributed by atoms with Gasteiger partial charge in [0.15, 0.2) is 0 Å². The van der Waals surface area contributed by atoms with Crippen LogP contribution >= 0.6 is 27.3 Å². The van der Waals surface area contributed by atoms with Gasteiger partial charge in [-0.05, 0) is 47.9 Å². The number of thiophene rings is 1. The van der Waals surface area contributed by atoms with E-state index in [1.807, 2.05) is 11.3 Å². The topological polar surface area (TPSA) is 12.0 Å². The van der Waals surface area contributed by atoms with Gasteiger partial charge < -0.3 is 5.32 Å². The third-order valence-corrected chi connectivity index (χ3v) is 5.32. The van der Waals surface area contributed by atoms with Crippen LogP contribution in [-0.4, -0.2) is 0 Å². The molecular weight excluding hydrogens is 306 g/mol. The molecule has 1 aromatic heterocycles. The summed E-state index contributed by atoms with van der Waals surface area (Å²) < 4.78 is 1.19. The Kier molecular flexibility index (Phi) is 3.83. The minimum absolute atomic E-state index is 0.534. The molecule has 1 aromatic carbocycles. The molecule has 1 N–H and O–H groups in total. The number of hydrogen-bond acceptors (Lipinski definition) is 2. The van der Waals surface area contributed by atoms with Crippen LogP contribution < -0.4 is 5.32 Å². The third-order valence-electron chi connectivity index (χ3n) is 3.55. The zero-order valence-electron chi connectivity index (χ0n) is 10.2. The average molecular weight is 322 g/mol.